The molecule has 1 saturated heterocycles. The Bertz CT molecular complexity index is 617. The average Bonchev–Trinajstić information content (AvgIpc) is 2.39. The molecule has 0 aliphatic carbocycles. The molecule has 0 amide bonds. The number of carbonyl (C=O) groups excluding carboxylic acids is 1. The standard InChI is InChI=1S/C13H16FNO4S/c1-19-12(16)13(7-4-8-20(17,18)9-13)15-11-6-3-2-5-10(11)14/h2-3,5-6,15H,4,7-9H2,1H3. The van der Waals surface area contributed by atoms with Crippen molar-refractivity contribution in [1.29, 1.82) is 0 Å². The average molecular weight is 301 g/mol. The zero-order chi connectivity index (χ0) is 14.8. The van der Waals surface area contributed by atoms with Crippen LogP contribution in [0, 0.1) is 5.82 Å². The monoisotopic (exact) mass is 301 g/mol. The SMILES string of the molecule is COC(=O)C1(Nc2ccccc2F)CCCS(=O)(=O)C1. The summed E-state index contributed by atoms with van der Waals surface area (Å²) in [6, 6.07) is 5.82. The van der Waals surface area contributed by atoms with Crippen molar-refractivity contribution >= 4 is 21.5 Å². The number of methoxy groups -OCH3 is 1. The fourth-order valence-corrected chi connectivity index (χ4v) is 4.25. The third-order valence-electron chi connectivity index (χ3n) is 3.35. The van der Waals surface area contributed by atoms with Crippen LogP contribution in [0.4, 0.5) is 10.1 Å². The summed E-state index contributed by atoms with van der Waals surface area (Å²) in [7, 11) is -2.18. The molecule has 1 aliphatic heterocycles. The number of anilines is 1. The van der Waals surface area contributed by atoms with Crippen molar-refractivity contribution in [2.24, 2.45) is 0 Å². The molecule has 2 rings (SSSR count). The summed E-state index contributed by atoms with van der Waals surface area (Å²) >= 11 is 0. The van der Waals surface area contributed by atoms with E-state index in [2.05, 4.69) is 5.32 Å². The Balaban J connectivity index is 2.38. The quantitative estimate of drug-likeness (QED) is 0.853. The molecule has 0 saturated carbocycles. The first-order chi connectivity index (χ1) is 9.38. The molecular weight excluding hydrogens is 285 g/mol. The lowest BCUT2D eigenvalue weighted by Crippen LogP contribution is -2.55. The first-order valence-electron chi connectivity index (χ1n) is 6.20. The van der Waals surface area contributed by atoms with E-state index in [-0.39, 0.29) is 23.6 Å². The van der Waals surface area contributed by atoms with Crippen LogP contribution in [0.25, 0.3) is 0 Å². The van der Waals surface area contributed by atoms with Gasteiger partial charge in [-0.05, 0) is 25.0 Å². The van der Waals surface area contributed by atoms with Gasteiger partial charge in [0.15, 0.2) is 9.84 Å². The zero-order valence-corrected chi connectivity index (χ0v) is 11.9. The smallest absolute Gasteiger partial charge is 0.332 e. The number of halogens is 1. The molecule has 1 unspecified atom stereocenters. The van der Waals surface area contributed by atoms with Crippen LogP contribution in [0.5, 0.6) is 0 Å². The van der Waals surface area contributed by atoms with Crippen molar-refractivity contribution in [3.8, 4) is 0 Å². The van der Waals surface area contributed by atoms with Crippen molar-refractivity contribution in [1.82, 2.24) is 0 Å². The summed E-state index contributed by atoms with van der Waals surface area (Å²) in [5.41, 5.74) is -1.33. The van der Waals surface area contributed by atoms with Gasteiger partial charge in [0.25, 0.3) is 0 Å². The van der Waals surface area contributed by atoms with E-state index >= 15 is 0 Å². The minimum atomic E-state index is -3.36. The number of para-hydroxylation sites is 1. The third kappa shape index (κ3) is 2.92. The van der Waals surface area contributed by atoms with Crippen LogP contribution >= 0.6 is 0 Å². The fourth-order valence-electron chi connectivity index (χ4n) is 2.44. The van der Waals surface area contributed by atoms with E-state index in [0.717, 1.165) is 0 Å². The van der Waals surface area contributed by atoms with Crippen LogP contribution in [0.3, 0.4) is 0 Å². The summed E-state index contributed by atoms with van der Waals surface area (Å²) in [6.45, 7) is 0. The van der Waals surface area contributed by atoms with Gasteiger partial charge in [0.1, 0.15) is 11.4 Å². The minimum Gasteiger partial charge on any atom is -0.467 e. The van der Waals surface area contributed by atoms with E-state index in [4.69, 9.17) is 4.74 Å². The van der Waals surface area contributed by atoms with Crippen LogP contribution in [0.2, 0.25) is 0 Å². The number of hydrogen-bond acceptors (Lipinski definition) is 5. The maximum atomic E-state index is 13.7. The molecule has 1 aromatic carbocycles. The summed E-state index contributed by atoms with van der Waals surface area (Å²) < 4.78 is 42.1. The van der Waals surface area contributed by atoms with Crippen LogP contribution in [0.1, 0.15) is 12.8 Å². The van der Waals surface area contributed by atoms with Gasteiger partial charge in [-0.25, -0.2) is 17.6 Å². The number of hydrogen-bond donors (Lipinski definition) is 1. The lowest BCUT2D eigenvalue weighted by atomic mass is 9.95. The lowest BCUT2D eigenvalue weighted by Gasteiger charge is -2.35. The van der Waals surface area contributed by atoms with Gasteiger partial charge in [-0.3, -0.25) is 0 Å². The van der Waals surface area contributed by atoms with Crippen molar-refractivity contribution in [2.75, 3.05) is 23.9 Å². The summed E-state index contributed by atoms with van der Waals surface area (Å²) in [6.07, 6.45) is 0.617. The van der Waals surface area contributed by atoms with Gasteiger partial charge in [0.05, 0.1) is 24.3 Å². The normalized spacial score (nSPS) is 24.9. The first-order valence-corrected chi connectivity index (χ1v) is 8.02. The number of benzene rings is 1. The Labute approximate surface area is 117 Å². The molecule has 1 heterocycles. The highest BCUT2D eigenvalue weighted by molar-refractivity contribution is 7.91. The van der Waals surface area contributed by atoms with Crippen LogP contribution < -0.4 is 5.32 Å². The molecule has 0 spiro atoms. The van der Waals surface area contributed by atoms with Crippen LogP contribution in [-0.2, 0) is 19.4 Å². The topological polar surface area (TPSA) is 72.5 Å². The van der Waals surface area contributed by atoms with E-state index < -0.39 is 27.2 Å². The molecule has 5 nitrogen and oxygen atoms in total. The number of ether oxygens (including phenoxy) is 1. The lowest BCUT2D eigenvalue weighted by molar-refractivity contribution is -0.145. The Morgan fingerprint density at radius 2 is 2.10 bits per heavy atom. The van der Waals surface area contributed by atoms with Crippen molar-refractivity contribution in [3.05, 3.63) is 30.1 Å². The summed E-state index contributed by atoms with van der Waals surface area (Å²) in [5.74, 6) is -1.59. The fraction of sp³-hybridized carbons (Fsp3) is 0.462. The maximum Gasteiger partial charge on any atom is 0.332 e. The van der Waals surface area contributed by atoms with Gasteiger partial charge in [-0.1, -0.05) is 12.1 Å². The number of nitrogens with one attached hydrogen (secondary N) is 1. The maximum absolute atomic E-state index is 13.7. The Kier molecular flexibility index (Phi) is 3.99. The van der Waals surface area contributed by atoms with E-state index in [1.165, 1.54) is 25.3 Å². The number of esters is 1. The van der Waals surface area contributed by atoms with E-state index in [1.54, 1.807) is 6.07 Å². The second kappa shape index (κ2) is 5.40. The van der Waals surface area contributed by atoms with Gasteiger partial charge in [0, 0.05) is 0 Å². The molecule has 1 fully saturated rings. The largest absolute Gasteiger partial charge is 0.467 e. The minimum absolute atomic E-state index is 0.0324. The van der Waals surface area contributed by atoms with Crippen LogP contribution in [-0.4, -0.2) is 38.5 Å². The second-order valence-electron chi connectivity index (χ2n) is 4.87. The molecule has 1 atom stereocenters. The second-order valence-corrected chi connectivity index (χ2v) is 7.06. The van der Waals surface area contributed by atoms with E-state index in [1.807, 2.05) is 0 Å². The molecule has 0 bridgehead atoms. The van der Waals surface area contributed by atoms with Gasteiger partial charge >= 0.3 is 5.97 Å². The molecule has 1 N–H and O–H groups in total. The zero-order valence-electron chi connectivity index (χ0n) is 11.1. The summed E-state index contributed by atoms with van der Waals surface area (Å²) in [5, 5.41) is 2.74. The molecular formula is C13H16FNO4S. The van der Waals surface area contributed by atoms with E-state index in [9.17, 15) is 17.6 Å². The van der Waals surface area contributed by atoms with Crippen molar-refractivity contribution in [3.63, 3.8) is 0 Å². The molecule has 1 aromatic rings. The third-order valence-corrected chi connectivity index (χ3v) is 5.19. The number of rotatable bonds is 3. The first kappa shape index (κ1) is 14.8. The van der Waals surface area contributed by atoms with Gasteiger partial charge in [-0.15, -0.1) is 0 Å². The van der Waals surface area contributed by atoms with Crippen LogP contribution in [0.15, 0.2) is 24.3 Å². The highest BCUT2D eigenvalue weighted by atomic mass is 32.2. The molecule has 7 heteroatoms. The van der Waals surface area contributed by atoms with Crippen molar-refractivity contribution in [2.45, 2.75) is 18.4 Å². The van der Waals surface area contributed by atoms with E-state index in [0.29, 0.717) is 6.42 Å². The van der Waals surface area contributed by atoms with Crippen molar-refractivity contribution < 1.29 is 22.3 Å². The highest BCUT2D eigenvalue weighted by Crippen LogP contribution is 2.29. The Morgan fingerprint density at radius 3 is 2.70 bits per heavy atom. The predicted molar refractivity (Wildman–Crippen MR) is 72.7 cm³/mol. The number of sulfone groups is 1. The Hall–Kier alpha value is -1.63. The summed E-state index contributed by atoms with van der Waals surface area (Å²) in [4.78, 5) is 12.0. The van der Waals surface area contributed by atoms with Gasteiger partial charge in [-0.2, -0.15) is 0 Å². The molecule has 0 aromatic heterocycles. The predicted octanol–water partition coefficient (Wildman–Crippen LogP) is 1.36. The van der Waals surface area contributed by atoms with Gasteiger partial charge in [0.2, 0.25) is 0 Å². The molecule has 20 heavy (non-hydrogen) atoms. The Morgan fingerprint density at radius 1 is 1.40 bits per heavy atom. The molecule has 1 aliphatic rings. The molecule has 0 radical (unpaired) electrons. The van der Waals surface area contributed by atoms with Gasteiger partial charge < -0.3 is 10.1 Å². The molecule has 110 valence electrons. The number of carbonyl (C=O) groups is 1. The highest BCUT2D eigenvalue weighted by Gasteiger charge is 2.46.